The molecule has 0 aliphatic heterocycles. The largest absolute Gasteiger partial charge is 0.396 e. The Morgan fingerprint density at radius 1 is 1.16 bits per heavy atom. The second-order valence-corrected chi connectivity index (χ2v) is 5.45. The molecule has 3 nitrogen and oxygen atoms in total. The molecule has 0 spiro atoms. The number of nitrogen functional groups attached to an aromatic ring is 1. The Balaban J connectivity index is 2.33. The number of aromatic nitrogens is 2. The van der Waals surface area contributed by atoms with Gasteiger partial charge in [0.25, 0.3) is 0 Å². The fraction of sp³-hybridized carbons (Fsp3) is 0.438. The van der Waals surface area contributed by atoms with Crippen LogP contribution >= 0.6 is 0 Å². The fourth-order valence-corrected chi connectivity index (χ4v) is 2.07. The van der Waals surface area contributed by atoms with E-state index in [1.54, 1.807) is 0 Å². The van der Waals surface area contributed by atoms with Gasteiger partial charge >= 0.3 is 0 Å². The summed E-state index contributed by atoms with van der Waals surface area (Å²) in [6, 6.07) is 8.90. The minimum atomic E-state index is 0.381. The highest BCUT2D eigenvalue weighted by atomic mass is 15.3. The van der Waals surface area contributed by atoms with Crippen molar-refractivity contribution in [1.29, 1.82) is 0 Å². The van der Waals surface area contributed by atoms with Crippen LogP contribution in [0.4, 0.5) is 5.69 Å². The maximum Gasteiger partial charge on any atom is 0.115 e. The molecule has 0 saturated heterocycles. The van der Waals surface area contributed by atoms with Crippen molar-refractivity contribution in [3.63, 3.8) is 0 Å². The Labute approximate surface area is 115 Å². The highest BCUT2D eigenvalue weighted by Gasteiger charge is 2.11. The summed E-state index contributed by atoms with van der Waals surface area (Å²) in [5.74, 6) is 0.545. The Bertz CT molecular complexity index is 538. The smallest absolute Gasteiger partial charge is 0.115 e. The first kappa shape index (κ1) is 13.7. The zero-order valence-corrected chi connectivity index (χ0v) is 12.2. The Morgan fingerprint density at radius 3 is 2.32 bits per heavy atom. The van der Waals surface area contributed by atoms with Gasteiger partial charge in [0.1, 0.15) is 5.69 Å². The van der Waals surface area contributed by atoms with Crippen molar-refractivity contribution in [3.8, 4) is 11.3 Å². The summed E-state index contributed by atoms with van der Waals surface area (Å²) in [7, 11) is 0. The lowest BCUT2D eigenvalue weighted by Gasteiger charge is -2.08. The molecule has 0 aliphatic carbocycles. The van der Waals surface area contributed by atoms with Gasteiger partial charge in [-0.15, -0.1) is 0 Å². The lowest BCUT2D eigenvalue weighted by Crippen LogP contribution is -2.04. The van der Waals surface area contributed by atoms with E-state index in [1.807, 2.05) is 10.9 Å². The topological polar surface area (TPSA) is 43.8 Å². The van der Waals surface area contributed by atoms with E-state index in [0.29, 0.717) is 12.0 Å². The maximum atomic E-state index is 6.08. The summed E-state index contributed by atoms with van der Waals surface area (Å²) in [5, 5.41) is 4.62. The van der Waals surface area contributed by atoms with Crippen molar-refractivity contribution in [2.45, 2.75) is 46.1 Å². The molecule has 0 saturated carbocycles. The molecule has 1 aromatic carbocycles. The molecule has 0 bridgehead atoms. The Kier molecular flexibility index (Phi) is 3.93. The quantitative estimate of drug-likeness (QED) is 0.890. The third-order valence-electron chi connectivity index (χ3n) is 3.65. The first-order valence-corrected chi connectivity index (χ1v) is 6.97. The van der Waals surface area contributed by atoms with Crippen LogP contribution in [0.5, 0.6) is 0 Å². The second-order valence-electron chi connectivity index (χ2n) is 5.45. The molecular formula is C16H23N3. The fourth-order valence-electron chi connectivity index (χ4n) is 2.07. The molecule has 1 heterocycles. The summed E-state index contributed by atoms with van der Waals surface area (Å²) in [6.45, 7) is 8.69. The van der Waals surface area contributed by atoms with E-state index in [-0.39, 0.29) is 0 Å². The summed E-state index contributed by atoms with van der Waals surface area (Å²) in [6.07, 6.45) is 2.98. The molecule has 0 fully saturated rings. The van der Waals surface area contributed by atoms with Crippen LogP contribution in [-0.2, 0) is 0 Å². The van der Waals surface area contributed by atoms with Gasteiger partial charge in [-0.25, -0.2) is 0 Å². The summed E-state index contributed by atoms with van der Waals surface area (Å²) in [4.78, 5) is 0. The lowest BCUT2D eigenvalue weighted by atomic mass is 10.0. The number of hydrogen-bond donors (Lipinski definition) is 1. The molecule has 0 amide bonds. The van der Waals surface area contributed by atoms with Crippen molar-refractivity contribution >= 4 is 5.69 Å². The number of nitrogens with two attached hydrogens (primary N) is 1. The number of anilines is 1. The molecule has 2 aromatic rings. The molecular weight excluding hydrogens is 234 g/mol. The Morgan fingerprint density at radius 2 is 1.79 bits per heavy atom. The van der Waals surface area contributed by atoms with Gasteiger partial charge in [-0.3, -0.25) is 4.68 Å². The zero-order valence-electron chi connectivity index (χ0n) is 12.2. The number of nitrogens with zero attached hydrogens (tertiary/aromatic N) is 2. The van der Waals surface area contributed by atoms with E-state index >= 15 is 0 Å². The van der Waals surface area contributed by atoms with Crippen LogP contribution in [0.3, 0.4) is 0 Å². The highest BCUT2D eigenvalue weighted by Crippen LogP contribution is 2.27. The first-order valence-electron chi connectivity index (χ1n) is 6.97. The van der Waals surface area contributed by atoms with Gasteiger partial charge in [0, 0.05) is 17.8 Å². The molecule has 3 heteroatoms. The van der Waals surface area contributed by atoms with Gasteiger partial charge in [-0.2, -0.15) is 5.10 Å². The first-order chi connectivity index (χ1) is 9.02. The predicted molar refractivity (Wildman–Crippen MR) is 81.2 cm³/mol. The van der Waals surface area contributed by atoms with Crippen molar-refractivity contribution in [3.05, 3.63) is 36.0 Å². The Hall–Kier alpha value is -1.77. The minimum Gasteiger partial charge on any atom is -0.396 e. The van der Waals surface area contributed by atoms with Crippen LogP contribution in [0, 0.1) is 0 Å². The molecule has 1 unspecified atom stereocenters. The lowest BCUT2D eigenvalue weighted by molar-refractivity contribution is 0.479. The summed E-state index contributed by atoms with van der Waals surface area (Å²) >= 11 is 0. The average molecular weight is 257 g/mol. The highest BCUT2D eigenvalue weighted by molar-refractivity contribution is 5.72. The minimum absolute atomic E-state index is 0.381. The van der Waals surface area contributed by atoms with Gasteiger partial charge in [-0.05, 0) is 24.8 Å². The molecule has 1 aromatic heterocycles. The maximum absolute atomic E-state index is 6.08. The van der Waals surface area contributed by atoms with E-state index in [1.165, 1.54) is 5.56 Å². The van der Waals surface area contributed by atoms with Gasteiger partial charge in [-0.1, -0.05) is 45.0 Å². The molecule has 102 valence electrons. The van der Waals surface area contributed by atoms with Crippen molar-refractivity contribution in [1.82, 2.24) is 9.78 Å². The molecule has 2 N–H and O–H groups in total. The van der Waals surface area contributed by atoms with Crippen molar-refractivity contribution in [2.75, 3.05) is 5.73 Å². The summed E-state index contributed by atoms with van der Waals surface area (Å²) < 4.78 is 1.96. The van der Waals surface area contributed by atoms with Gasteiger partial charge in [0.2, 0.25) is 0 Å². The predicted octanol–water partition coefficient (Wildman–Crippen LogP) is 4.23. The summed E-state index contributed by atoms with van der Waals surface area (Å²) in [5.41, 5.74) is 10.1. The second kappa shape index (κ2) is 5.47. The van der Waals surface area contributed by atoms with Gasteiger partial charge in [0.05, 0.1) is 5.69 Å². The normalized spacial score (nSPS) is 12.9. The zero-order chi connectivity index (χ0) is 14.0. The molecule has 0 aliphatic rings. The molecule has 2 rings (SSSR count). The third-order valence-corrected chi connectivity index (χ3v) is 3.65. The standard InChI is InChI=1S/C16H23N3/c1-5-12(4)19-10-15(17)16(18-19)14-8-6-13(7-9-14)11(2)3/h6-12H,5,17H2,1-4H3. The molecule has 19 heavy (non-hydrogen) atoms. The van der Waals surface area contributed by atoms with Crippen LogP contribution in [-0.4, -0.2) is 9.78 Å². The van der Waals surface area contributed by atoms with Crippen molar-refractivity contribution in [2.24, 2.45) is 0 Å². The van der Waals surface area contributed by atoms with Crippen LogP contribution < -0.4 is 5.73 Å². The van der Waals surface area contributed by atoms with Crippen LogP contribution in [0.25, 0.3) is 11.3 Å². The number of benzene rings is 1. The van der Waals surface area contributed by atoms with Gasteiger partial charge < -0.3 is 5.73 Å². The van der Waals surface area contributed by atoms with Crippen molar-refractivity contribution < 1.29 is 0 Å². The van der Waals surface area contributed by atoms with Crippen LogP contribution in [0.15, 0.2) is 30.5 Å². The van der Waals surface area contributed by atoms with E-state index in [0.717, 1.165) is 23.4 Å². The van der Waals surface area contributed by atoms with Gasteiger partial charge in [0.15, 0.2) is 0 Å². The van der Waals surface area contributed by atoms with E-state index in [2.05, 4.69) is 57.1 Å². The number of hydrogen-bond acceptors (Lipinski definition) is 2. The van der Waals surface area contributed by atoms with E-state index in [4.69, 9.17) is 5.73 Å². The average Bonchev–Trinajstić information content (AvgIpc) is 2.80. The monoisotopic (exact) mass is 257 g/mol. The van der Waals surface area contributed by atoms with Crippen LogP contribution in [0.1, 0.15) is 51.6 Å². The van der Waals surface area contributed by atoms with Crippen LogP contribution in [0.2, 0.25) is 0 Å². The molecule has 0 radical (unpaired) electrons. The number of rotatable bonds is 4. The molecule has 1 atom stereocenters. The van der Waals surface area contributed by atoms with E-state index < -0.39 is 0 Å². The SMILES string of the molecule is CCC(C)n1cc(N)c(-c2ccc(C(C)C)cc2)n1. The van der Waals surface area contributed by atoms with E-state index in [9.17, 15) is 0 Å². The third kappa shape index (κ3) is 2.80.